The van der Waals surface area contributed by atoms with Crippen LogP contribution in [0.1, 0.15) is 13.3 Å². The number of carboxylic acids is 1. The molecule has 0 radical (unpaired) electrons. The maximum absolute atomic E-state index is 13.3. The molecule has 0 saturated carbocycles. The van der Waals surface area contributed by atoms with Crippen molar-refractivity contribution in [3.05, 3.63) is 48.6 Å². The SMILES string of the molecule is C=C(C)CC1N(c2ccc(OC)cc2)C(=O)C2C(C(=O)O)C3C=CC21O3. The average molecular weight is 355 g/mol. The van der Waals surface area contributed by atoms with Crippen molar-refractivity contribution in [3.8, 4) is 5.75 Å². The smallest absolute Gasteiger partial charge is 0.310 e. The molecule has 1 aromatic rings. The molecule has 5 atom stereocenters. The summed E-state index contributed by atoms with van der Waals surface area (Å²) in [5.41, 5.74) is 0.704. The fraction of sp³-hybridized carbons (Fsp3) is 0.400. The molecule has 1 N–H and O–H groups in total. The van der Waals surface area contributed by atoms with Crippen LogP contribution >= 0.6 is 0 Å². The van der Waals surface area contributed by atoms with E-state index in [1.165, 1.54) is 0 Å². The van der Waals surface area contributed by atoms with Gasteiger partial charge in [0, 0.05) is 5.69 Å². The molecule has 1 aromatic carbocycles. The second-order valence-electron chi connectivity index (χ2n) is 7.22. The zero-order chi connectivity index (χ0) is 18.6. The van der Waals surface area contributed by atoms with E-state index in [1.807, 2.05) is 25.1 Å². The number of benzene rings is 1. The molecule has 26 heavy (non-hydrogen) atoms. The molecule has 6 nitrogen and oxygen atoms in total. The minimum Gasteiger partial charge on any atom is -0.497 e. The van der Waals surface area contributed by atoms with E-state index in [0.717, 1.165) is 5.57 Å². The summed E-state index contributed by atoms with van der Waals surface area (Å²) >= 11 is 0. The van der Waals surface area contributed by atoms with Crippen LogP contribution < -0.4 is 9.64 Å². The molecule has 6 heteroatoms. The van der Waals surface area contributed by atoms with Crippen LogP contribution in [0.25, 0.3) is 0 Å². The molecule has 4 rings (SSSR count). The number of nitrogens with zero attached hydrogens (tertiary/aromatic N) is 1. The predicted molar refractivity (Wildman–Crippen MR) is 95.1 cm³/mol. The number of carbonyl (C=O) groups is 2. The number of ether oxygens (including phenoxy) is 2. The Morgan fingerprint density at radius 2 is 2.08 bits per heavy atom. The van der Waals surface area contributed by atoms with Crippen molar-refractivity contribution >= 4 is 17.6 Å². The molecule has 3 aliphatic heterocycles. The van der Waals surface area contributed by atoms with Crippen LogP contribution in [0.2, 0.25) is 0 Å². The lowest BCUT2D eigenvalue weighted by atomic mass is 9.74. The summed E-state index contributed by atoms with van der Waals surface area (Å²) in [6.45, 7) is 5.90. The third-order valence-electron chi connectivity index (χ3n) is 5.60. The Kier molecular flexibility index (Phi) is 3.70. The minimum absolute atomic E-state index is 0.208. The summed E-state index contributed by atoms with van der Waals surface area (Å²) in [4.78, 5) is 26.8. The fourth-order valence-corrected chi connectivity index (χ4v) is 4.56. The summed E-state index contributed by atoms with van der Waals surface area (Å²) in [6.07, 6.45) is 3.66. The van der Waals surface area contributed by atoms with Crippen LogP contribution in [-0.2, 0) is 14.3 Å². The first-order chi connectivity index (χ1) is 12.4. The van der Waals surface area contributed by atoms with E-state index >= 15 is 0 Å². The van der Waals surface area contributed by atoms with Gasteiger partial charge < -0.3 is 19.5 Å². The van der Waals surface area contributed by atoms with Crippen LogP contribution in [0.5, 0.6) is 5.75 Å². The molecule has 0 aromatic heterocycles. The molecule has 1 spiro atoms. The van der Waals surface area contributed by atoms with Crippen molar-refractivity contribution in [1.82, 2.24) is 0 Å². The number of amides is 1. The Hall–Kier alpha value is -2.60. The van der Waals surface area contributed by atoms with Gasteiger partial charge in [-0.15, -0.1) is 6.58 Å². The molecule has 2 saturated heterocycles. The van der Waals surface area contributed by atoms with Crippen molar-refractivity contribution in [1.29, 1.82) is 0 Å². The Labute approximate surface area is 151 Å². The maximum Gasteiger partial charge on any atom is 0.310 e. The van der Waals surface area contributed by atoms with Gasteiger partial charge in [0.05, 0.1) is 25.2 Å². The van der Waals surface area contributed by atoms with Gasteiger partial charge in [-0.1, -0.05) is 17.7 Å². The molecule has 136 valence electrons. The normalized spacial score (nSPS) is 34.2. The van der Waals surface area contributed by atoms with Crippen LogP contribution in [0.3, 0.4) is 0 Å². The molecule has 2 bridgehead atoms. The number of anilines is 1. The monoisotopic (exact) mass is 355 g/mol. The third kappa shape index (κ3) is 2.15. The highest BCUT2D eigenvalue weighted by molar-refractivity contribution is 6.03. The van der Waals surface area contributed by atoms with E-state index < -0.39 is 29.5 Å². The lowest BCUT2D eigenvalue weighted by molar-refractivity contribution is -0.146. The molecular formula is C20H21NO5. The van der Waals surface area contributed by atoms with Crippen LogP contribution in [-0.4, -0.2) is 41.8 Å². The second kappa shape index (κ2) is 5.71. The molecule has 5 unspecified atom stereocenters. The van der Waals surface area contributed by atoms with Gasteiger partial charge in [0.1, 0.15) is 17.3 Å². The number of rotatable bonds is 5. The van der Waals surface area contributed by atoms with E-state index in [0.29, 0.717) is 17.9 Å². The largest absolute Gasteiger partial charge is 0.497 e. The number of carbonyl (C=O) groups excluding carboxylic acids is 1. The van der Waals surface area contributed by atoms with E-state index in [2.05, 4.69) is 6.58 Å². The Bertz CT molecular complexity index is 814. The van der Waals surface area contributed by atoms with Gasteiger partial charge >= 0.3 is 5.97 Å². The van der Waals surface area contributed by atoms with Crippen LogP contribution in [0, 0.1) is 11.8 Å². The fourth-order valence-electron chi connectivity index (χ4n) is 4.56. The third-order valence-corrected chi connectivity index (χ3v) is 5.60. The number of hydrogen-bond acceptors (Lipinski definition) is 4. The van der Waals surface area contributed by atoms with Crippen molar-refractivity contribution in [3.63, 3.8) is 0 Å². The van der Waals surface area contributed by atoms with Crippen molar-refractivity contribution < 1.29 is 24.2 Å². The number of hydrogen-bond donors (Lipinski definition) is 1. The predicted octanol–water partition coefficient (Wildman–Crippen LogP) is 2.40. The lowest BCUT2D eigenvalue weighted by Crippen LogP contribution is -2.45. The van der Waals surface area contributed by atoms with Gasteiger partial charge in [0.25, 0.3) is 0 Å². The molecule has 3 heterocycles. The first-order valence-corrected chi connectivity index (χ1v) is 8.60. The summed E-state index contributed by atoms with van der Waals surface area (Å²) in [5.74, 6) is -2.09. The molecule has 0 aliphatic carbocycles. The van der Waals surface area contributed by atoms with E-state index in [4.69, 9.17) is 9.47 Å². The quantitative estimate of drug-likeness (QED) is 0.821. The van der Waals surface area contributed by atoms with E-state index in [1.54, 1.807) is 30.2 Å². The highest BCUT2D eigenvalue weighted by Gasteiger charge is 2.71. The summed E-state index contributed by atoms with van der Waals surface area (Å²) in [6, 6.07) is 6.87. The van der Waals surface area contributed by atoms with E-state index in [-0.39, 0.29) is 11.9 Å². The van der Waals surface area contributed by atoms with Gasteiger partial charge in [0.2, 0.25) is 5.91 Å². The zero-order valence-corrected chi connectivity index (χ0v) is 14.7. The number of carboxylic acid groups (broad SMARTS) is 1. The molecular weight excluding hydrogens is 334 g/mol. The highest BCUT2D eigenvalue weighted by Crippen LogP contribution is 2.56. The van der Waals surface area contributed by atoms with Crippen LogP contribution in [0.15, 0.2) is 48.6 Å². The van der Waals surface area contributed by atoms with Gasteiger partial charge in [-0.2, -0.15) is 0 Å². The first-order valence-electron chi connectivity index (χ1n) is 8.60. The Morgan fingerprint density at radius 3 is 2.65 bits per heavy atom. The van der Waals surface area contributed by atoms with Gasteiger partial charge in [-0.25, -0.2) is 0 Å². The van der Waals surface area contributed by atoms with Crippen molar-refractivity contribution in [2.75, 3.05) is 12.0 Å². The van der Waals surface area contributed by atoms with E-state index in [9.17, 15) is 14.7 Å². The topological polar surface area (TPSA) is 76.1 Å². The summed E-state index contributed by atoms with van der Waals surface area (Å²) < 4.78 is 11.3. The minimum atomic E-state index is -0.995. The number of aliphatic carboxylic acids is 1. The first kappa shape index (κ1) is 16.8. The van der Waals surface area contributed by atoms with Crippen molar-refractivity contribution in [2.45, 2.75) is 31.1 Å². The molecule has 1 amide bonds. The standard InChI is InChI=1S/C20H21NO5/c1-11(2)10-15-20-9-8-14(26-20)16(19(23)24)17(20)18(22)21(15)12-4-6-13(25-3)7-5-12/h4-9,14-17H,1,10H2,2-3H3,(H,23,24). The summed E-state index contributed by atoms with van der Waals surface area (Å²) in [7, 11) is 1.58. The second-order valence-corrected chi connectivity index (χ2v) is 7.22. The van der Waals surface area contributed by atoms with Crippen molar-refractivity contribution in [2.24, 2.45) is 11.8 Å². The van der Waals surface area contributed by atoms with Gasteiger partial charge in [0.15, 0.2) is 0 Å². The molecule has 2 fully saturated rings. The number of fused-ring (bicyclic) bond motifs is 1. The zero-order valence-electron chi connectivity index (χ0n) is 14.7. The molecule has 3 aliphatic rings. The van der Waals surface area contributed by atoms with Crippen LogP contribution in [0.4, 0.5) is 5.69 Å². The number of methoxy groups -OCH3 is 1. The van der Waals surface area contributed by atoms with Gasteiger partial charge in [-0.3, -0.25) is 9.59 Å². The highest BCUT2D eigenvalue weighted by atomic mass is 16.5. The maximum atomic E-state index is 13.3. The summed E-state index contributed by atoms with van der Waals surface area (Å²) in [5, 5.41) is 9.67. The lowest BCUT2D eigenvalue weighted by Gasteiger charge is -2.33. The average Bonchev–Trinajstić information content (AvgIpc) is 3.24. The Balaban J connectivity index is 1.81. The Morgan fingerprint density at radius 1 is 1.38 bits per heavy atom. The van der Waals surface area contributed by atoms with Gasteiger partial charge in [-0.05, 0) is 37.6 Å².